The highest BCUT2D eigenvalue weighted by Crippen LogP contribution is 2.33. The third-order valence-corrected chi connectivity index (χ3v) is 5.28. The Labute approximate surface area is 211 Å². The molecule has 0 spiro atoms. The molecule has 0 aliphatic carbocycles. The summed E-state index contributed by atoms with van der Waals surface area (Å²) in [7, 11) is 3.17. The van der Waals surface area contributed by atoms with E-state index < -0.39 is 11.9 Å². The van der Waals surface area contributed by atoms with Gasteiger partial charge in [-0.1, -0.05) is 43.0 Å². The molecule has 0 saturated carbocycles. The number of ether oxygens (including phenoxy) is 5. The summed E-state index contributed by atoms with van der Waals surface area (Å²) in [6, 6.07) is 21.0. The monoisotopic (exact) mass is 490 g/mol. The van der Waals surface area contributed by atoms with Crippen molar-refractivity contribution in [2.24, 2.45) is 0 Å². The van der Waals surface area contributed by atoms with Gasteiger partial charge in [-0.3, -0.25) is 0 Å². The number of carbonyl (C=O) groups is 2. The lowest BCUT2D eigenvalue weighted by Crippen LogP contribution is -2.13. The van der Waals surface area contributed by atoms with Crippen molar-refractivity contribution < 1.29 is 33.3 Å². The second kappa shape index (κ2) is 13.1. The van der Waals surface area contributed by atoms with Gasteiger partial charge >= 0.3 is 11.9 Å². The summed E-state index contributed by atoms with van der Waals surface area (Å²) < 4.78 is 26.4. The zero-order chi connectivity index (χ0) is 25.9. The van der Waals surface area contributed by atoms with E-state index in [4.69, 9.17) is 23.7 Å². The second-order valence-electron chi connectivity index (χ2n) is 7.91. The Morgan fingerprint density at radius 3 is 1.97 bits per heavy atom. The lowest BCUT2D eigenvalue weighted by molar-refractivity contribution is -0.139. The van der Waals surface area contributed by atoms with Gasteiger partial charge in [0.15, 0.2) is 0 Å². The van der Waals surface area contributed by atoms with E-state index in [-0.39, 0.29) is 19.8 Å². The van der Waals surface area contributed by atoms with Gasteiger partial charge in [-0.25, -0.2) is 9.59 Å². The van der Waals surface area contributed by atoms with Crippen LogP contribution in [0.25, 0.3) is 22.3 Å². The van der Waals surface area contributed by atoms with Crippen LogP contribution in [0.3, 0.4) is 0 Å². The van der Waals surface area contributed by atoms with Crippen molar-refractivity contribution in [1.29, 1.82) is 0 Å². The van der Waals surface area contributed by atoms with Crippen molar-refractivity contribution in [3.63, 3.8) is 0 Å². The van der Waals surface area contributed by atoms with Gasteiger partial charge < -0.3 is 23.7 Å². The normalized spacial score (nSPS) is 10.4. The fourth-order valence-corrected chi connectivity index (χ4v) is 3.34. The fourth-order valence-electron chi connectivity index (χ4n) is 3.34. The summed E-state index contributed by atoms with van der Waals surface area (Å²) in [6.45, 7) is 5.75. The van der Waals surface area contributed by atoms with Crippen LogP contribution in [-0.4, -0.2) is 52.6 Å². The number of benzene rings is 3. The predicted molar refractivity (Wildman–Crippen MR) is 137 cm³/mol. The van der Waals surface area contributed by atoms with E-state index in [9.17, 15) is 9.59 Å². The quantitative estimate of drug-likeness (QED) is 0.193. The summed E-state index contributed by atoms with van der Waals surface area (Å²) in [5, 5.41) is 0. The smallest absolute Gasteiger partial charge is 0.338 e. The highest BCUT2D eigenvalue weighted by atomic mass is 16.6. The van der Waals surface area contributed by atoms with E-state index in [1.165, 1.54) is 7.11 Å². The van der Waals surface area contributed by atoms with Gasteiger partial charge in [0.1, 0.15) is 31.3 Å². The van der Waals surface area contributed by atoms with E-state index in [0.717, 1.165) is 28.0 Å². The van der Waals surface area contributed by atoms with Crippen LogP contribution >= 0.6 is 0 Å². The number of hydrogen-bond acceptors (Lipinski definition) is 7. The minimum atomic E-state index is -0.483. The van der Waals surface area contributed by atoms with Crippen LogP contribution in [0.2, 0.25) is 0 Å². The first-order valence-electron chi connectivity index (χ1n) is 11.4. The Morgan fingerprint density at radius 1 is 0.750 bits per heavy atom. The standard InChI is InChI=1S/C29H30O7/c1-20(2)28(30)35-18-17-34-27-19-24(29(31)36-16-15-32-3)11-14-26(27)23-7-5-21(6-8-23)22-9-12-25(33-4)13-10-22/h5-14,19H,1,15-18H2,2-4H3. The van der Waals surface area contributed by atoms with E-state index in [1.807, 2.05) is 54.6 Å². The van der Waals surface area contributed by atoms with Gasteiger partial charge in [0.25, 0.3) is 0 Å². The maximum absolute atomic E-state index is 12.4. The van der Waals surface area contributed by atoms with Crippen molar-refractivity contribution in [3.8, 4) is 33.8 Å². The van der Waals surface area contributed by atoms with E-state index in [2.05, 4.69) is 6.58 Å². The molecular weight excluding hydrogens is 460 g/mol. The number of methoxy groups -OCH3 is 2. The SMILES string of the molecule is C=C(C)C(=O)OCCOc1cc(C(=O)OCCOC)ccc1-c1ccc(-c2ccc(OC)cc2)cc1. The van der Waals surface area contributed by atoms with Gasteiger partial charge in [-0.2, -0.15) is 0 Å². The highest BCUT2D eigenvalue weighted by molar-refractivity contribution is 5.91. The van der Waals surface area contributed by atoms with Crippen molar-refractivity contribution in [2.45, 2.75) is 6.92 Å². The van der Waals surface area contributed by atoms with Crippen molar-refractivity contribution in [1.82, 2.24) is 0 Å². The van der Waals surface area contributed by atoms with Gasteiger partial charge in [-0.05, 0) is 53.9 Å². The molecule has 0 amide bonds. The van der Waals surface area contributed by atoms with Crippen LogP contribution in [0.5, 0.6) is 11.5 Å². The summed E-state index contributed by atoms with van der Waals surface area (Å²) in [4.78, 5) is 24.1. The number of carbonyl (C=O) groups excluding carboxylic acids is 2. The average Bonchev–Trinajstić information content (AvgIpc) is 2.91. The first kappa shape index (κ1) is 26.5. The van der Waals surface area contributed by atoms with Crippen LogP contribution in [0, 0.1) is 0 Å². The summed E-state index contributed by atoms with van der Waals surface area (Å²) >= 11 is 0. The molecule has 0 N–H and O–H groups in total. The van der Waals surface area contributed by atoms with Crippen LogP contribution in [0.4, 0.5) is 0 Å². The second-order valence-corrected chi connectivity index (χ2v) is 7.91. The maximum atomic E-state index is 12.4. The molecule has 0 aliphatic rings. The van der Waals surface area contributed by atoms with Crippen LogP contribution in [0.15, 0.2) is 78.9 Å². The average molecular weight is 491 g/mol. The fraction of sp³-hybridized carbons (Fsp3) is 0.241. The Hall–Kier alpha value is -4.10. The third-order valence-electron chi connectivity index (χ3n) is 5.28. The summed E-state index contributed by atoms with van der Waals surface area (Å²) in [5.41, 5.74) is 4.46. The largest absolute Gasteiger partial charge is 0.497 e. The molecule has 36 heavy (non-hydrogen) atoms. The number of rotatable bonds is 12. The first-order valence-corrected chi connectivity index (χ1v) is 11.4. The molecule has 188 valence electrons. The molecule has 3 aromatic rings. The molecule has 0 saturated heterocycles. The molecule has 0 aliphatic heterocycles. The molecule has 0 radical (unpaired) electrons. The van der Waals surface area contributed by atoms with Crippen molar-refractivity contribution >= 4 is 11.9 Å². The zero-order valence-electron chi connectivity index (χ0n) is 20.7. The molecule has 0 atom stereocenters. The lowest BCUT2D eigenvalue weighted by Gasteiger charge is -2.14. The molecule has 0 bridgehead atoms. The van der Waals surface area contributed by atoms with Crippen LogP contribution < -0.4 is 9.47 Å². The van der Waals surface area contributed by atoms with Gasteiger partial charge in [0, 0.05) is 18.2 Å². The first-order chi connectivity index (χ1) is 17.4. The molecule has 0 heterocycles. The van der Waals surface area contributed by atoms with Crippen LogP contribution in [-0.2, 0) is 19.0 Å². The summed E-state index contributed by atoms with van der Waals surface area (Å²) in [6.07, 6.45) is 0. The van der Waals surface area contributed by atoms with E-state index in [0.29, 0.717) is 23.5 Å². The number of hydrogen-bond donors (Lipinski definition) is 0. The molecule has 7 nitrogen and oxygen atoms in total. The van der Waals surface area contributed by atoms with Crippen molar-refractivity contribution in [2.75, 3.05) is 40.6 Å². The topological polar surface area (TPSA) is 80.3 Å². The Morgan fingerprint density at radius 2 is 1.36 bits per heavy atom. The summed E-state index contributed by atoms with van der Waals surface area (Å²) in [5.74, 6) is 0.308. The van der Waals surface area contributed by atoms with Gasteiger partial charge in [0.05, 0.1) is 19.3 Å². The highest BCUT2D eigenvalue weighted by Gasteiger charge is 2.14. The predicted octanol–water partition coefficient (Wildman–Crippen LogP) is 5.33. The van der Waals surface area contributed by atoms with Gasteiger partial charge in [-0.15, -0.1) is 0 Å². The zero-order valence-corrected chi connectivity index (χ0v) is 20.7. The molecule has 0 unspecified atom stereocenters. The van der Waals surface area contributed by atoms with E-state index >= 15 is 0 Å². The lowest BCUT2D eigenvalue weighted by atomic mass is 9.98. The third kappa shape index (κ3) is 7.20. The minimum Gasteiger partial charge on any atom is -0.497 e. The van der Waals surface area contributed by atoms with Crippen LogP contribution in [0.1, 0.15) is 17.3 Å². The Balaban J connectivity index is 1.82. The molecule has 0 fully saturated rings. The van der Waals surface area contributed by atoms with Gasteiger partial charge in [0.2, 0.25) is 0 Å². The minimum absolute atomic E-state index is 0.0457. The Kier molecular flexibility index (Phi) is 9.65. The molecule has 3 rings (SSSR count). The maximum Gasteiger partial charge on any atom is 0.338 e. The molecule has 3 aromatic carbocycles. The Bertz CT molecular complexity index is 1180. The van der Waals surface area contributed by atoms with E-state index in [1.54, 1.807) is 26.2 Å². The molecular formula is C29H30O7. The molecule has 7 heteroatoms. The van der Waals surface area contributed by atoms with Crippen molar-refractivity contribution in [3.05, 3.63) is 84.4 Å². The molecule has 0 aromatic heterocycles. The number of esters is 2.